The van der Waals surface area contributed by atoms with Crippen molar-refractivity contribution >= 4 is 10.9 Å². The summed E-state index contributed by atoms with van der Waals surface area (Å²) in [5.41, 5.74) is 3.70. The molecule has 0 aliphatic heterocycles. The quantitative estimate of drug-likeness (QED) is 0.656. The first kappa shape index (κ1) is 15.4. The Morgan fingerprint density at radius 1 is 0.913 bits per heavy atom. The van der Waals surface area contributed by atoms with Crippen LogP contribution in [0.3, 0.4) is 0 Å². The minimum atomic E-state index is 0.767. The monoisotopic (exact) mass is 310 g/mol. The summed E-state index contributed by atoms with van der Waals surface area (Å²) in [4.78, 5) is 3.25. The largest absolute Gasteiger partial charge is 0.493 e. The second kappa shape index (κ2) is 7.20. The number of benzene rings is 2. The minimum Gasteiger partial charge on any atom is -0.493 e. The molecule has 120 valence electrons. The number of fused-ring (bicyclic) bond motifs is 1. The highest BCUT2D eigenvalue weighted by Gasteiger charge is 2.04. The van der Waals surface area contributed by atoms with Gasteiger partial charge in [0.05, 0.1) is 14.2 Å². The van der Waals surface area contributed by atoms with Crippen LogP contribution >= 0.6 is 0 Å². The Labute approximate surface area is 136 Å². The predicted octanol–water partition coefficient (Wildman–Crippen LogP) is 3.52. The van der Waals surface area contributed by atoms with Crippen molar-refractivity contribution in [3.8, 4) is 11.5 Å². The van der Waals surface area contributed by atoms with Gasteiger partial charge in [-0.25, -0.2) is 0 Å². The number of hydrogen-bond donors (Lipinski definition) is 2. The standard InChI is InChI=1S/C19H22N2O2/c1-22-18-6-4-14(12-19(18)23-2)7-9-20-13-15-3-5-16-8-10-21-17(16)11-15/h3-6,8,10-12,20-21H,7,9,13H2,1-2H3. The van der Waals surface area contributed by atoms with Gasteiger partial charge in [-0.05, 0) is 53.7 Å². The zero-order valence-electron chi connectivity index (χ0n) is 13.6. The molecule has 1 aromatic heterocycles. The molecule has 2 N–H and O–H groups in total. The molecule has 2 aromatic carbocycles. The highest BCUT2D eigenvalue weighted by atomic mass is 16.5. The van der Waals surface area contributed by atoms with E-state index in [4.69, 9.17) is 9.47 Å². The van der Waals surface area contributed by atoms with Crippen molar-refractivity contribution in [3.63, 3.8) is 0 Å². The number of aromatic amines is 1. The van der Waals surface area contributed by atoms with E-state index in [-0.39, 0.29) is 0 Å². The molecule has 4 nitrogen and oxygen atoms in total. The van der Waals surface area contributed by atoms with Crippen molar-refractivity contribution in [2.75, 3.05) is 20.8 Å². The lowest BCUT2D eigenvalue weighted by atomic mass is 10.1. The Balaban J connectivity index is 1.53. The van der Waals surface area contributed by atoms with Gasteiger partial charge < -0.3 is 19.8 Å². The summed E-state index contributed by atoms with van der Waals surface area (Å²) in [5.74, 6) is 1.55. The fourth-order valence-electron chi connectivity index (χ4n) is 2.71. The summed E-state index contributed by atoms with van der Waals surface area (Å²) >= 11 is 0. The van der Waals surface area contributed by atoms with Crippen molar-refractivity contribution in [2.45, 2.75) is 13.0 Å². The zero-order chi connectivity index (χ0) is 16.1. The smallest absolute Gasteiger partial charge is 0.160 e. The topological polar surface area (TPSA) is 46.3 Å². The van der Waals surface area contributed by atoms with Gasteiger partial charge in [0, 0.05) is 18.3 Å². The molecule has 0 fully saturated rings. The van der Waals surface area contributed by atoms with E-state index < -0.39 is 0 Å². The van der Waals surface area contributed by atoms with Crippen LogP contribution in [0.15, 0.2) is 48.7 Å². The fraction of sp³-hybridized carbons (Fsp3) is 0.263. The van der Waals surface area contributed by atoms with E-state index >= 15 is 0 Å². The number of ether oxygens (including phenoxy) is 2. The Hall–Kier alpha value is -2.46. The number of nitrogens with one attached hydrogen (secondary N) is 2. The van der Waals surface area contributed by atoms with Crippen LogP contribution in [0, 0.1) is 0 Å². The lowest BCUT2D eigenvalue weighted by Crippen LogP contribution is -2.16. The van der Waals surface area contributed by atoms with Crippen molar-refractivity contribution in [1.29, 1.82) is 0 Å². The van der Waals surface area contributed by atoms with Gasteiger partial charge in [0.2, 0.25) is 0 Å². The van der Waals surface area contributed by atoms with Crippen LogP contribution in [0.2, 0.25) is 0 Å². The third-order valence-electron chi connectivity index (χ3n) is 3.99. The van der Waals surface area contributed by atoms with Gasteiger partial charge in [-0.2, -0.15) is 0 Å². The Morgan fingerprint density at radius 3 is 2.57 bits per heavy atom. The van der Waals surface area contributed by atoms with Gasteiger partial charge >= 0.3 is 0 Å². The molecule has 0 radical (unpaired) electrons. The van der Waals surface area contributed by atoms with E-state index in [0.717, 1.165) is 31.0 Å². The van der Waals surface area contributed by atoms with Gasteiger partial charge in [0.25, 0.3) is 0 Å². The molecule has 0 saturated heterocycles. The van der Waals surface area contributed by atoms with Crippen LogP contribution in [0.1, 0.15) is 11.1 Å². The Kier molecular flexibility index (Phi) is 4.83. The molecular weight excluding hydrogens is 288 g/mol. The van der Waals surface area contributed by atoms with Crippen LogP contribution < -0.4 is 14.8 Å². The fourth-order valence-corrected chi connectivity index (χ4v) is 2.71. The van der Waals surface area contributed by atoms with Crippen LogP contribution in [0.4, 0.5) is 0 Å². The number of hydrogen-bond acceptors (Lipinski definition) is 3. The summed E-state index contributed by atoms with van der Waals surface area (Å²) in [5, 5.41) is 4.74. The summed E-state index contributed by atoms with van der Waals surface area (Å²) < 4.78 is 10.6. The molecule has 0 aliphatic rings. The highest BCUT2D eigenvalue weighted by Crippen LogP contribution is 2.27. The third kappa shape index (κ3) is 3.66. The second-order valence-corrected chi connectivity index (χ2v) is 5.52. The van der Waals surface area contributed by atoms with Crippen molar-refractivity contribution < 1.29 is 9.47 Å². The molecule has 0 amide bonds. The molecule has 0 atom stereocenters. The van der Waals surface area contributed by atoms with E-state index in [9.17, 15) is 0 Å². The molecule has 3 rings (SSSR count). The Morgan fingerprint density at radius 2 is 1.74 bits per heavy atom. The van der Waals surface area contributed by atoms with Gasteiger partial charge in [-0.15, -0.1) is 0 Å². The van der Waals surface area contributed by atoms with E-state index in [1.54, 1.807) is 14.2 Å². The van der Waals surface area contributed by atoms with Crippen molar-refractivity contribution in [2.24, 2.45) is 0 Å². The first-order valence-electron chi connectivity index (χ1n) is 7.78. The molecule has 0 unspecified atom stereocenters. The summed E-state index contributed by atoms with van der Waals surface area (Å²) in [7, 11) is 3.32. The van der Waals surface area contributed by atoms with Crippen molar-refractivity contribution in [3.05, 3.63) is 59.8 Å². The maximum absolute atomic E-state index is 5.34. The van der Waals surface area contributed by atoms with Gasteiger partial charge in [0.15, 0.2) is 11.5 Å². The average Bonchev–Trinajstić information content (AvgIpc) is 3.06. The molecule has 3 aromatic rings. The molecule has 0 bridgehead atoms. The third-order valence-corrected chi connectivity index (χ3v) is 3.99. The molecule has 0 spiro atoms. The lowest BCUT2D eigenvalue weighted by molar-refractivity contribution is 0.354. The normalized spacial score (nSPS) is 10.9. The van der Waals surface area contributed by atoms with Crippen LogP contribution in [0.25, 0.3) is 10.9 Å². The summed E-state index contributed by atoms with van der Waals surface area (Å²) in [6.45, 7) is 1.78. The Bertz CT molecular complexity index is 780. The van der Waals surface area contributed by atoms with E-state index in [0.29, 0.717) is 0 Å². The zero-order valence-corrected chi connectivity index (χ0v) is 13.6. The summed E-state index contributed by atoms with van der Waals surface area (Å²) in [6, 6.07) is 14.7. The average molecular weight is 310 g/mol. The number of methoxy groups -OCH3 is 2. The number of H-pyrrole nitrogens is 1. The second-order valence-electron chi connectivity index (χ2n) is 5.52. The predicted molar refractivity (Wildman–Crippen MR) is 93.3 cm³/mol. The number of aromatic nitrogens is 1. The van der Waals surface area contributed by atoms with E-state index in [2.05, 4.69) is 40.6 Å². The van der Waals surface area contributed by atoms with Gasteiger partial charge in [-0.1, -0.05) is 18.2 Å². The lowest BCUT2D eigenvalue weighted by Gasteiger charge is -2.10. The molecule has 0 aliphatic carbocycles. The van der Waals surface area contributed by atoms with Crippen molar-refractivity contribution in [1.82, 2.24) is 10.3 Å². The van der Waals surface area contributed by atoms with E-state index in [1.165, 1.54) is 22.0 Å². The van der Waals surface area contributed by atoms with Gasteiger partial charge in [0.1, 0.15) is 0 Å². The molecular formula is C19H22N2O2. The first-order valence-corrected chi connectivity index (χ1v) is 7.78. The highest BCUT2D eigenvalue weighted by molar-refractivity contribution is 5.79. The maximum Gasteiger partial charge on any atom is 0.160 e. The summed E-state index contributed by atoms with van der Waals surface area (Å²) in [6.07, 6.45) is 2.92. The molecule has 4 heteroatoms. The maximum atomic E-state index is 5.34. The van der Waals surface area contributed by atoms with Crippen LogP contribution in [-0.4, -0.2) is 25.7 Å². The number of rotatable bonds is 7. The molecule has 0 saturated carbocycles. The van der Waals surface area contributed by atoms with Gasteiger partial charge in [-0.3, -0.25) is 0 Å². The molecule has 1 heterocycles. The SMILES string of the molecule is COc1ccc(CCNCc2ccc3cc[nH]c3c2)cc1OC. The minimum absolute atomic E-state index is 0.767. The first-order chi connectivity index (χ1) is 11.3. The van der Waals surface area contributed by atoms with Crippen LogP contribution in [-0.2, 0) is 13.0 Å². The van der Waals surface area contributed by atoms with Crippen LogP contribution in [0.5, 0.6) is 11.5 Å². The van der Waals surface area contributed by atoms with E-state index in [1.807, 2.05) is 18.3 Å². The molecule has 23 heavy (non-hydrogen) atoms.